The van der Waals surface area contributed by atoms with Crippen LogP contribution in [0.4, 0.5) is 32.2 Å². The van der Waals surface area contributed by atoms with Crippen LogP contribution in [0.1, 0.15) is 21.5 Å². The van der Waals surface area contributed by atoms with Gasteiger partial charge in [0.25, 0.3) is 11.7 Å². The van der Waals surface area contributed by atoms with E-state index in [1.807, 2.05) is 0 Å². The fourth-order valence-corrected chi connectivity index (χ4v) is 2.29. The number of rotatable bonds is 4. The molecule has 2 rings (SSSR count). The Morgan fingerprint density at radius 3 is 2.04 bits per heavy atom. The van der Waals surface area contributed by atoms with Gasteiger partial charge in [-0.15, -0.1) is 0 Å². The smallest absolute Gasteiger partial charge is 0.296 e. The van der Waals surface area contributed by atoms with E-state index in [9.17, 15) is 31.1 Å². The summed E-state index contributed by atoms with van der Waals surface area (Å²) in [7, 11) is 0. The Bertz CT molecular complexity index is 801. The van der Waals surface area contributed by atoms with Crippen LogP contribution in [-0.2, 0) is 0 Å². The van der Waals surface area contributed by atoms with Gasteiger partial charge < -0.3 is 0 Å². The molecule has 0 radical (unpaired) electrons. The summed E-state index contributed by atoms with van der Waals surface area (Å²) in [5.41, 5.74) is -3.92. The second-order valence-corrected chi connectivity index (χ2v) is 5.97. The third-order valence-corrected chi connectivity index (χ3v) is 3.72. The van der Waals surface area contributed by atoms with E-state index in [-0.39, 0.29) is 5.56 Å². The third kappa shape index (κ3) is 4.32. The zero-order chi connectivity index (χ0) is 20.5. The summed E-state index contributed by atoms with van der Waals surface area (Å²) in [5, 5.41) is 2.47. The molecule has 0 saturated heterocycles. The minimum atomic E-state index is -5.89. The molecule has 0 aliphatic rings. The van der Waals surface area contributed by atoms with E-state index in [1.54, 1.807) is 19.9 Å². The molecule has 4 nitrogen and oxygen atoms in total. The third-order valence-electron chi connectivity index (χ3n) is 3.72. The first-order chi connectivity index (χ1) is 12.4. The predicted octanol–water partition coefficient (Wildman–Crippen LogP) is 3.78. The number of halogens is 6. The maximum atomic E-state index is 13.6. The Hall–Kier alpha value is -2.78. The molecule has 1 aromatic carbocycles. The van der Waals surface area contributed by atoms with Gasteiger partial charge in [0.15, 0.2) is 0 Å². The van der Waals surface area contributed by atoms with Crippen molar-refractivity contribution in [1.29, 1.82) is 0 Å². The van der Waals surface area contributed by atoms with Gasteiger partial charge in [0, 0.05) is 11.6 Å². The molecule has 0 atom stereocenters. The maximum absolute atomic E-state index is 13.6. The number of pyridine rings is 1. The lowest BCUT2D eigenvalue weighted by molar-refractivity contribution is -0.367. The number of H-pyrrole nitrogens is 1. The molecule has 0 bridgehead atoms. The molecule has 0 unspecified atom stereocenters. The number of anilines is 1. The van der Waals surface area contributed by atoms with Gasteiger partial charge in [-0.3, -0.25) is 10.1 Å². The van der Waals surface area contributed by atoms with E-state index < -0.39 is 29.7 Å². The van der Waals surface area contributed by atoms with Crippen LogP contribution in [0.2, 0.25) is 0 Å². The highest BCUT2D eigenvalue weighted by molar-refractivity contribution is 5.95. The fourth-order valence-electron chi connectivity index (χ4n) is 2.29. The highest BCUT2D eigenvalue weighted by Crippen LogP contribution is 2.43. The SMILES string of the molecule is Cc1ccc(NC(NC(=O)c2cccc(C)c2)(C(F)(F)F)C(F)(F)F)[nH+]c1. The van der Waals surface area contributed by atoms with E-state index >= 15 is 0 Å². The Kier molecular flexibility index (Phi) is 5.39. The normalized spacial score (nSPS) is 12.6. The summed E-state index contributed by atoms with van der Waals surface area (Å²) >= 11 is 0. The fraction of sp³-hybridized carbons (Fsp3) is 0.294. The molecular formula is C17H16F6N3O+. The van der Waals surface area contributed by atoms with Crippen molar-refractivity contribution < 1.29 is 36.1 Å². The van der Waals surface area contributed by atoms with Crippen LogP contribution in [0.25, 0.3) is 0 Å². The number of aromatic amines is 1. The Morgan fingerprint density at radius 1 is 0.926 bits per heavy atom. The van der Waals surface area contributed by atoms with E-state index in [4.69, 9.17) is 0 Å². The van der Waals surface area contributed by atoms with Crippen LogP contribution >= 0.6 is 0 Å². The van der Waals surface area contributed by atoms with Crippen LogP contribution in [-0.4, -0.2) is 23.9 Å². The van der Waals surface area contributed by atoms with Gasteiger partial charge in [0.2, 0.25) is 0 Å². The van der Waals surface area contributed by atoms with Crippen molar-refractivity contribution in [3.05, 3.63) is 59.3 Å². The van der Waals surface area contributed by atoms with E-state index in [0.29, 0.717) is 11.1 Å². The molecule has 1 heterocycles. The molecule has 0 fully saturated rings. The summed E-state index contributed by atoms with van der Waals surface area (Å²) < 4.78 is 81.5. The number of aryl methyl sites for hydroxylation is 2. The zero-order valence-electron chi connectivity index (χ0n) is 14.2. The molecule has 0 spiro atoms. The summed E-state index contributed by atoms with van der Waals surface area (Å²) in [6.07, 6.45) is -10.5. The lowest BCUT2D eigenvalue weighted by Gasteiger charge is -2.34. The second-order valence-electron chi connectivity index (χ2n) is 5.97. The minimum absolute atomic E-state index is 0.331. The first kappa shape index (κ1) is 20.5. The van der Waals surface area contributed by atoms with Gasteiger partial charge in [-0.2, -0.15) is 26.3 Å². The number of amides is 1. The van der Waals surface area contributed by atoms with Gasteiger partial charge in [0.1, 0.15) is 0 Å². The molecule has 0 aliphatic heterocycles. The lowest BCUT2D eigenvalue weighted by atomic mass is 10.1. The summed E-state index contributed by atoms with van der Waals surface area (Å²) in [6.45, 7) is 3.15. The second kappa shape index (κ2) is 7.09. The monoisotopic (exact) mass is 392 g/mol. The van der Waals surface area contributed by atoms with Crippen LogP contribution < -0.4 is 15.6 Å². The number of carbonyl (C=O) groups excluding carboxylic acids is 1. The standard InChI is InChI=1S/C17H15F6N3O/c1-10-4-3-5-12(8-10)14(27)26-15(16(18,19)20,17(21,22)23)25-13-7-6-11(2)9-24-13/h3-9H,1-2H3,(H,24,25)(H,26,27)/p+1. The Morgan fingerprint density at radius 2 is 1.56 bits per heavy atom. The molecule has 1 aromatic heterocycles. The number of alkyl halides is 6. The summed E-state index contributed by atoms with van der Waals surface area (Å²) in [6, 6.07) is 7.55. The largest absolute Gasteiger partial charge is 0.462 e. The van der Waals surface area contributed by atoms with Gasteiger partial charge in [-0.1, -0.05) is 17.7 Å². The van der Waals surface area contributed by atoms with Crippen molar-refractivity contribution in [2.45, 2.75) is 31.9 Å². The Balaban J connectivity index is 2.51. The number of nitrogens with one attached hydrogen (secondary N) is 3. The first-order valence-electron chi connectivity index (χ1n) is 7.65. The van der Waals surface area contributed by atoms with Gasteiger partial charge in [-0.05, 0) is 37.6 Å². The first-order valence-corrected chi connectivity index (χ1v) is 7.65. The molecule has 0 aliphatic carbocycles. The van der Waals surface area contributed by atoms with Crippen molar-refractivity contribution in [2.75, 3.05) is 5.32 Å². The van der Waals surface area contributed by atoms with Crippen LogP contribution in [0.15, 0.2) is 42.6 Å². The summed E-state index contributed by atoms with van der Waals surface area (Å²) in [5.74, 6) is -2.09. The summed E-state index contributed by atoms with van der Waals surface area (Å²) in [4.78, 5) is 14.5. The molecule has 10 heteroatoms. The lowest BCUT2D eigenvalue weighted by Crippen LogP contribution is -2.72. The molecule has 27 heavy (non-hydrogen) atoms. The van der Waals surface area contributed by atoms with Crippen LogP contribution in [0, 0.1) is 13.8 Å². The van der Waals surface area contributed by atoms with E-state index in [0.717, 1.165) is 17.4 Å². The van der Waals surface area contributed by atoms with Gasteiger partial charge in [0.05, 0.1) is 6.20 Å². The van der Waals surface area contributed by atoms with E-state index in [2.05, 4.69) is 4.98 Å². The van der Waals surface area contributed by atoms with Crippen molar-refractivity contribution in [1.82, 2.24) is 5.32 Å². The number of carbonyl (C=O) groups is 1. The zero-order valence-corrected chi connectivity index (χ0v) is 14.2. The van der Waals surface area contributed by atoms with Crippen molar-refractivity contribution in [3.8, 4) is 0 Å². The quantitative estimate of drug-likeness (QED) is 0.615. The van der Waals surface area contributed by atoms with Crippen LogP contribution in [0.5, 0.6) is 0 Å². The average molecular weight is 392 g/mol. The molecular weight excluding hydrogens is 376 g/mol. The predicted molar refractivity (Wildman–Crippen MR) is 84.8 cm³/mol. The van der Waals surface area contributed by atoms with E-state index in [1.165, 1.54) is 29.7 Å². The van der Waals surface area contributed by atoms with Crippen molar-refractivity contribution in [2.24, 2.45) is 0 Å². The maximum Gasteiger partial charge on any atom is 0.462 e. The average Bonchev–Trinajstić information content (AvgIpc) is 2.54. The number of aromatic nitrogens is 1. The number of hydrogen-bond donors (Lipinski definition) is 2. The highest BCUT2D eigenvalue weighted by atomic mass is 19.4. The molecule has 146 valence electrons. The van der Waals surface area contributed by atoms with Crippen molar-refractivity contribution in [3.63, 3.8) is 0 Å². The topological polar surface area (TPSA) is 55.3 Å². The van der Waals surface area contributed by atoms with Gasteiger partial charge in [-0.25, -0.2) is 10.3 Å². The van der Waals surface area contributed by atoms with Gasteiger partial charge >= 0.3 is 18.0 Å². The molecule has 3 N–H and O–H groups in total. The molecule has 1 amide bonds. The highest BCUT2D eigenvalue weighted by Gasteiger charge is 2.76. The minimum Gasteiger partial charge on any atom is -0.296 e. The van der Waals surface area contributed by atoms with Crippen molar-refractivity contribution >= 4 is 11.7 Å². The van der Waals surface area contributed by atoms with Crippen LogP contribution in [0.3, 0.4) is 0 Å². The number of benzene rings is 1. The molecule has 2 aromatic rings. The molecule has 0 saturated carbocycles. The Labute approximate surface area is 150 Å². The number of hydrogen-bond acceptors (Lipinski definition) is 2.